The van der Waals surface area contributed by atoms with E-state index in [0.29, 0.717) is 28.5 Å². The van der Waals surface area contributed by atoms with Crippen LogP contribution in [-0.2, 0) is 10.5 Å². The molecule has 0 fully saturated rings. The van der Waals surface area contributed by atoms with Crippen molar-refractivity contribution in [2.24, 2.45) is 0 Å². The van der Waals surface area contributed by atoms with Crippen LogP contribution in [0.4, 0.5) is 5.69 Å². The lowest BCUT2D eigenvalue weighted by Gasteiger charge is -2.12. The first-order valence-electron chi connectivity index (χ1n) is 9.05. The van der Waals surface area contributed by atoms with E-state index in [1.807, 2.05) is 26.0 Å². The molecule has 0 aliphatic rings. The molecule has 0 bridgehead atoms. The summed E-state index contributed by atoms with van der Waals surface area (Å²) in [5.41, 5.74) is 3.82. The minimum Gasteiger partial charge on any atom is -0.497 e. The normalized spacial score (nSPS) is 10.8. The lowest BCUT2D eigenvalue weighted by Crippen LogP contribution is -2.15. The maximum absolute atomic E-state index is 12.4. The molecule has 7 heteroatoms. The molecule has 0 saturated heterocycles. The summed E-state index contributed by atoms with van der Waals surface area (Å²) >= 11 is 1.43. The molecule has 2 aromatic carbocycles. The molecule has 6 nitrogen and oxygen atoms in total. The first-order chi connectivity index (χ1) is 13.9. The Kier molecular flexibility index (Phi) is 6.49. The maximum atomic E-state index is 12.4. The molecule has 152 valence electrons. The molecular weight excluding hydrogens is 390 g/mol. The second kappa shape index (κ2) is 9.05. The van der Waals surface area contributed by atoms with Crippen molar-refractivity contribution in [1.29, 1.82) is 0 Å². The Hall–Kier alpha value is -2.93. The van der Waals surface area contributed by atoms with Crippen molar-refractivity contribution in [1.82, 2.24) is 0 Å². The van der Waals surface area contributed by atoms with Gasteiger partial charge in [-0.1, -0.05) is 0 Å². The van der Waals surface area contributed by atoms with E-state index in [-0.39, 0.29) is 17.3 Å². The Morgan fingerprint density at radius 2 is 1.83 bits per heavy atom. The molecule has 1 aromatic heterocycles. The zero-order valence-corrected chi connectivity index (χ0v) is 17.6. The van der Waals surface area contributed by atoms with Crippen LogP contribution < -0.4 is 20.4 Å². The van der Waals surface area contributed by atoms with Crippen LogP contribution >= 0.6 is 11.8 Å². The highest BCUT2D eigenvalue weighted by molar-refractivity contribution is 7.99. The third-order valence-electron chi connectivity index (χ3n) is 4.62. The fourth-order valence-electron chi connectivity index (χ4n) is 2.94. The third kappa shape index (κ3) is 4.92. The van der Waals surface area contributed by atoms with Crippen molar-refractivity contribution in [3.8, 4) is 11.5 Å². The lowest BCUT2D eigenvalue weighted by molar-refractivity contribution is -0.113. The van der Waals surface area contributed by atoms with Crippen molar-refractivity contribution in [3.05, 3.63) is 63.5 Å². The topological polar surface area (TPSA) is 77.8 Å². The van der Waals surface area contributed by atoms with Crippen molar-refractivity contribution in [3.63, 3.8) is 0 Å². The molecule has 0 radical (unpaired) electrons. The summed E-state index contributed by atoms with van der Waals surface area (Å²) in [4.78, 5) is 24.2. The summed E-state index contributed by atoms with van der Waals surface area (Å²) in [7, 11) is 3.11. The molecule has 1 N–H and O–H groups in total. The van der Waals surface area contributed by atoms with E-state index in [1.54, 1.807) is 25.3 Å². The van der Waals surface area contributed by atoms with Crippen LogP contribution in [0.3, 0.4) is 0 Å². The van der Waals surface area contributed by atoms with E-state index in [9.17, 15) is 9.59 Å². The molecule has 3 rings (SSSR count). The summed E-state index contributed by atoms with van der Waals surface area (Å²) in [6.45, 7) is 4.00. The molecule has 0 aliphatic heterocycles. The van der Waals surface area contributed by atoms with Gasteiger partial charge in [-0.05, 0) is 54.8 Å². The molecule has 1 heterocycles. The Morgan fingerprint density at radius 1 is 1.07 bits per heavy atom. The third-order valence-corrected chi connectivity index (χ3v) is 5.60. The first kappa shape index (κ1) is 20.8. The predicted molar refractivity (Wildman–Crippen MR) is 116 cm³/mol. The Morgan fingerprint density at radius 3 is 2.55 bits per heavy atom. The van der Waals surface area contributed by atoms with Crippen LogP contribution in [0, 0.1) is 13.8 Å². The highest BCUT2D eigenvalue weighted by Crippen LogP contribution is 2.29. The second-order valence-corrected chi connectivity index (χ2v) is 7.62. The predicted octanol–water partition coefficient (Wildman–Crippen LogP) is 4.30. The smallest absolute Gasteiger partial charge is 0.336 e. The number of nitrogens with one attached hydrogen (secondary N) is 1. The average molecular weight is 413 g/mol. The highest BCUT2D eigenvalue weighted by atomic mass is 32.2. The zero-order valence-electron chi connectivity index (χ0n) is 16.8. The number of carbonyl (C=O) groups is 1. The fraction of sp³-hybridized carbons (Fsp3) is 0.273. The van der Waals surface area contributed by atoms with Crippen LogP contribution in [-0.4, -0.2) is 25.9 Å². The SMILES string of the molecule is COc1ccc(NC(=O)CSCc2cc(=O)oc3cc(C)c(C)cc23)c(OC)c1. The van der Waals surface area contributed by atoms with Gasteiger partial charge in [0.2, 0.25) is 5.91 Å². The van der Waals surface area contributed by atoms with Gasteiger partial charge in [0.15, 0.2) is 0 Å². The lowest BCUT2D eigenvalue weighted by atomic mass is 10.0. The number of fused-ring (bicyclic) bond motifs is 1. The van der Waals surface area contributed by atoms with Gasteiger partial charge < -0.3 is 19.2 Å². The number of benzene rings is 2. The standard InChI is InChI=1S/C22H23NO5S/c1-13-7-17-15(9-22(25)28-19(17)8-14(13)2)11-29-12-21(24)23-18-6-5-16(26-3)10-20(18)27-4/h5-10H,11-12H2,1-4H3,(H,23,24). The summed E-state index contributed by atoms with van der Waals surface area (Å²) in [5.74, 6) is 1.78. The van der Waals surface area contributed by atoms with E-state index < -0.39 is 0 Å². The molecular formula is C22H23NO5S. The number of anilines is 1. The quantitative estimate of drug-likeness (QED) is 0.582. The van der Waals surface area contributed by atoms with E-state index in [1.165, 1.54) is 24.9 Å². The van der Waals surface area contributed by atoms with Gasteiger partial charge in [-0.25, -0.2) is 4.79 Å². The molecule has 0 atom stereocenters. The zero-order chi connectivity index (χ0) is 21.0. The number of rotatable bonds is 7. The van der Waals surface area contributed by atoms with Gasteiger partial charge in [0, 0.05) is 23.3 Å². The summed E-state index contributed by atoms with van der Waals surface area (Å²) in [6.07, 6.45) is 0. The second-order valence-electron chi connectivity index (χ2n) is 6.63. The van der Waals surface area contributed by atoms with Crippen LogP contribution in [0.5, 0.6) is 11.5 Å². The number of aryl methyl sites for hydroxylation is 2. The van der Waals surface area contributed by atoms with Gasteiger partial charge in [-0.15, -0.1) is 11.8 Å². The summed E-state index contributed by atoms with van der Waals surface area (Å²) < 4.78 is 15.8. The number of hydrogen-bond acceptors (Lipinski definition) is 6. The molecule has 0 saturated carbocycles. The van der Waals surface area contributed by atoms with Gasteiger partial charge in [0.05, 0.1) is 25.7 Å². The van der Waals surface area contributed by atoms with Gasteiger partial charge in [0.1, 0.15) is 17.1 Å². The Balaban J connectivity index is 1.68. The Labute approximate surface area is 173 Å². The van der Waals surface area contributed by atoms with Crippen LogP contribution in [0.25, 0.3) is 11.0 Å². The molecule has 0 aliphatic carbocycles. The van der Waals surface area contributed by atoms with Crippen molar-refractivity contribution >= 4 is 34.3 Å². The number of amides is 1. The molecule has 0 spiro atoms. The summed E-state index contributed by atoms with van der Waals surface area (Å²) in [6, 6.07) is 10.6. The van der Waals surface area contributed by atoms with Gasteiger partial charge in [-0.3, -0.25) is 4.79 Å². The number of thioether (sulfide) groups is 1. The van der Waals surface area contributed by atoms with Crippen LogP contribution in [0.15, 0.2) is 45.6 Å². The van der Waals surface area contributed by atoms with E-state index in [0.717, 1.165) is 22.1 Å². The monoisotopic (exact) mass is 413 g/mol. The highest BCUT2D eigenvalue weighted by Gasteiger charge is 2.11. The number of hydrogen-bond donors (Lipinski definition) is 1. The van der Waals surface area contributed by atoms with Crippen molar-refractivity contribution < 1.29 is 18.7 Å². The molecule has 1 amide bonds. The van der Waals surface area contributed by atoms with E-state index in [4.69, 9.17) is 13.9 Å². The maximum Gasteiger partial charge on any atom is 0.336 e. The van der Waals surface area contributed by atoms with Crippen molar-refractivity contribution in [2.45, 2.75) is 19.6 Å². The molecule has 0 unspecified atom stereocenters. The average Bonchev–Trinajstić information content (AvgIpc) is 2.69. The van der Waals surface area contributed by atoms with Gasteiger partial charge in [-0.2, -0.15) is 0 Å². The first-order valence-corrected chi connectivity index (χ1v) is 10.2. The largest absolute Gasteiger partial charge is 0.497 e. The van der Waals surface area contributed by atoms with Gasteiger partial charge in [0.25, 0.3) is 0 Å². The minimum absolute atomic E-state index is 0.155. The minimum atomic E-state index is -0.385. The van der Waals surface area contributed by atoms with Crippen molar-refractivity contribution in [2.75, 3.05) is 25.3 Å². The summed E-state index contributed by atoms with van der Waals surface area (Å²) in [5, 5.41) is 3.74. The molecule has 29 heavy (non-hydrogen) atoms. The fourth-order valence-corrected chi connectivity index (χ4v) is 3.76. The van der Waals surface area contributed by atoms with Crippen LogP contribution in [0.1, 0.15) is 16.7 Å². The number of methoxy groups -OCH3 is 2. The number of ether oxygens (including phenoxy) is 2. The van der Waals surface area contributed by atoms with E-state index >= 15 is 0 Å². The van der Waals surface area contributed by atoms with Gasteiger partial charge >= 0.3 is 5.63 Å². The molecule has 3 aromatic rings. The van der Waals surface area contributed by atoms with E-state index in [2.05, 4.69) is 5.32 Å². The Bertz CT molecular complexity index is 1110. The number of carbonyl (C=O) groups excluding carboxylic acids is 1. The van der Waals surface area contributed by atoms with Crippen LogP contribution in [0.2, 0.25) is 0 Å².